The summed E-state index contributed by atoms with van der Waals surface area (Å²) in [5, 5.41) is 12.5. The molecule has 0 radical (unpaired) electrons. The summed E-state index contributed by atoms with van der Waals surface area (Å²) in [4.78, 5) is 30.0. The minimum atomic E-state index is -0.504. The minimum Gasteiger partial charge on any atom is -0.394 e. The first-order valence-corrected chi connectivity index (χ1v) is 8.65. The quantitative estimate of drug-likeness (QED) is 0.665. The molecule has 0 saturated heterocycles. The van der Waals surface area contributed by atoms with Crippen molar-refractivity contribution >= 4 is 17.1 Å². The predicted octanol–water partition coefficient (Wildman–Crippen LogP) is 0.804. The molecule has 9 heteroatoms. The molecule has 0 aliphatic rings. The topological polar surface area (TPSA) is 94.1 Å². The third kappa shape index (κ3) is 3.37. The Bertz CT molecular complexity index is 1080. The lowest BCUT2D eigenvalue weighted by atomic mass is 10.2. The third-order valence-electron chi connectivity index (χ3n) is 4.66. The van der Waals surface area contributed by atoms with Crippen molar-refractivity contribution in [1.82, 2.24) is 18.7 Å². The molecule has 0 saturated carbocycles. The van der Waals surface area contributed by atoms with E-state index in [4.69, 9.17) is 0 Å². The fourth-order valence-electron chi connectivity index (χ4n) is 2.94. The van der Waals surface area contributed by atoms with Crippen LogP contribution in [-0.4, -0.2) is 36.4 Å². The molecule has 27 heavy (non-hydrogen) atoms. The van der Waals surface area contributed by atoms with E-state index in [9.17, 15) is 19.1 Å². The van der Waals surface area contributed by atoms with Gasteiger partial charge in [0.25, 0.3) is 5.56 Å². The van der Waals surface area contributed by atoms with E-state index in [1.165, 1.54) is 28.8 Å². The van der Waals surface area contributed by atoms with Crippen LogP contribution in [-0.2, 0) is 20.6 Å². The number of halogens is 1. The summed E-state index contributed by atoms with van der Waals surface area (Å²) < 4.78 is 17.1. The Morgan fingerprint density at radius 2 is 1.85 bits per heavy atom. The van der Waals surface area contributed by atoms with Gasteiger partial charge in [0.1, 0.15) is 5.82 Å². The van der Waals surface area contributed by atoms with Gasteiger partial charge >= 0.3 is 5.69 Å². The Morgan fingerprint density at radius 1 is 1.19 bits per heavy atom. The molecule has 3 rings (SSSR count). The molecular formula is C18H22FN5O3. The highest BCUT2D eigenvalue weighted by atomic mass is 19.1. The fourth-order valence-corrected chi connectivity index (χ4v) is 2.94. The lowest BCUT2D eigenvalue weighted by Crippen LogP contribution is -2.39. The lowest BCUT2D eigenvalue weighted by molar-refractivity contribution is 0.271. The number of aromatic nitrogens is 4. The van der Waals surface area contributed by atoms with Crippen LogP contribution < -0.4 is 16.6 Å². The maximum atomic E-state index is 13.1. The van der Waals surface area contributed by atoms with Gasteiger partial charge in [-0.1, -0.05) is 19.1 Å². The van der Waals surface area contributed by atoms with Gasteiger partial charge in [0.2, 0.25) is 5.95 Å². The van der Waals surface area contributed by atoms with Crippen LogP contribution in [0.4, 0.5) is 10.3 Å². The number of aliphatic hydroxyl groups is 1. The molecule has 2 N–H and O–H groups in total. The number of aliphatic hydroxyl groups excluding tert-OH is 1. The summed E-state index contributed by atoms with van der Waals surface area (Å²) >= 11 is 0. The first-order valence-electron chi connectivity index (χ1n) is 8.65. The summed E-state index contributed by atoms with van der Waals surface area (Å²) in [6.45, 7) is 1.87. The van der Waals surface area contributed by atoms with Gasteiger partial charge in [-0.05, 0) is 24.1 Å². The smallest absolute Gasteiger partial charge is 0.332 e. The summed E-state index contributed by atoms with van der Waals surface area (Å²) in [5.41, 5.74) is 0.197. The predicted molar refractivity (Wildman–Crippen MR) is 101 cm³/mol. The number of nitrogens with zero attached hydrogens (tertiary/aromatic N) is 4. The zero-order valence-electron chi connectivity index (χ0n) is 15.4. The zero-order chi connectivity index (χ0) is 19.7. The first-order chi connectivity index (χ1) is 12.9. The zero-order valence-corrected chi connectivity index (χ0v) is 15.4. The Kier molecular flexibility index (Phi) is 5.13. The van der Waals surface area contributed by atoms with Gasteiger partial charge in [-0.3, -0.25) is 13.9 Å². The van der Waals surface area contributed by atoms with Crippen LogP contribution in [0.1, 0.15) is 18.9 Å². The van der Waals surface area contributed by atoms with Crippen LogP contribution in [0, 0.1) is 5.82 Å². The second-order valence-electron chi connectivity index (χ2n) is 6.46. The molecule has 8 nitrogen and oxygen atoms in total. The van der Waals surface area contributed by atoms with E-state index in [-0.39, 0.29) is 36.2 Å². The SMILES string of the molecule is CCC(CO)Nc1nc2c(c(=O)n(Cc3ccc(F)cc3)c(=O)n2C)n1C. The second kappa shape index (κ2) is 7.36. The largest absolute Gasteiger partial charge is 0.394 e. The van der Waals surface area contributed by atoms with Crippen molar-refractivity contribution in [1.29, 1.82) is 0 Å². The van der Waals surface area contributed by atoms with Crippen LogP contribution in [0.2, 0.25) is 0 Å². The molecule has 0 aliphatic heterocycles. The van der Waals surface area contributed by atoms with Gasteiger partial charge < -0.3 is 15.0 Å². The Balaban J connectivity index is 2.14. The number of imidazole rings is 1. The molecule has 3 aromatic rings. The van der Waals surface area contributed by atoms with Crippen molar-refractivity contribution in [3.63, 3.8) is 0 Å². The van der Waals surface area contributed by atoms with Crippen molar-refractivity contribution in [2.24, 2.45) is 14.1 Å². The molecule has 0 fully saturated rings. The summed E-state index contributed by atoms with van der Waals surface area (Å²) in [6, 6.07) is 5.44. The van der Waals surface area contributed by atoms with Gasteiger partial charge in [-0.2, -0.15) is 4.98 Å². The maximum absolute atomic E-state index is 13.1. The average molecular weight is 375 g/mol. The first kappa shape index (κ1) is 18.8. The van der Waals surface area contributed by atoms with E-state index in [0.29, 0.717) is 17.9 Å². The average Bonchev–Trinajstić information content (AvgIpc) is 2.99. The van der Waals surface area contributed by atoms with E-state index in [1.807, 2.05) is 6.92 Å². The summed E-state index contributed by atoms with van der Waals surface area (Å²) in [7, 11) is 3.22. The number of nitrogens with one attached hydrogen (secondary N) is 1. The van der Waals surface area contributed by atoms with Gasteiger partial charge in [0.15, 0.2) is 11.2 Å². The molecule has 1 atom stereocenters. The summed E-state index contributed by atoms with van der Waals surface area (Å²) in [6.07, 6.45) is 0.674. The minimum absolute atomic E-state index is 0.0316. The number of anilines is 1. The molecule has 0 amide bonds. The molecule has 0 spiro atoms. The van der Waals surface area contributed by atoms with Crippen molar-refractivity contribution in [3.8, 4) is 0 Å². The molecule has 0 aliphatic carbocycles. The van der Waals surface area contributed by atoms with Gasteiger partial charge in [-0.15, -0.1) is 0 Å². The van der Waals surface area contributed by atoms with Crippen LogP contribution in [0.25, 0.3) is 11.2 Å². The van der Waals surface area contributed by atoms with Crippen molar-refractivity contribution in [2.75, 3.05) is 11.9 Å². The molecule has 0 bridgehead atoms. The van der Waals surface area contributed by atoms with Crippen molar-refractivity contribution in [2.45, 2.75) is 25.9 Å². The second-order valence-corrected chi connectivity index (χ2v) is 6.46. The Hall–Kier alpha value is -2.94. The van der Waals surface area contributed by atoms with E-state index in [0.717, 1.165) is 4.57 Å². The van der Waals surface area contributed by atoms with Crippen LogP contribution in [0.3, 0.4) is 0 Å². The standard InChI is InChI=1S/C18H22FN5O3/c1-4-13(10-25)20-17-21-15-14(22(17)2)16(26)24(18(27)23(15)3)9-11-5-7-12(19)8-6-11/h5-8,13,25H,4,9-10H2,1-3H3,(H,20,21). The Morgan fingerprint density at radius 3 is 2.44 bits per heavy atom. The monoisotopic (exact) mass is 375 g/mol. The fraction of sp³-hybridized carbons (Fsp3) is 0.389. The van der Waals surface area contributed by atoms with Crippen molar-refractivity contribution in [3.05, 3.63) is 56.5 Å². The maximum Gasteiger partial charge on any atom is 0.332 e. The van der Waals surface area contributed by atoms with Gasteiger partial charge in [0, 0.05) is 14.1 Å². The van der Waals surface area contributed by atoms with Gasteiger partial charge in [0.05, 0.1) is 19.2 Å². The molecule has 144 valence electrons. The van der Waals surface area contributed by atoms with E-state index >= 15 is 0 Å². The van der Waals surface area contributed by atoms with Crippen molar-refractivity contribution < 1.29 is 9.50 Å². The van der Waals surface area contributed by atoms with Crippen LogP contribution in [0.15, 0.2) is 33.9 Å². The summed E-state index contributed by atoms with van der Waals surface area (Å²) in [5.74, 6) is 0.0173. The molecular weight excluding hydrogens is 353 g/mol. The third-order valence-corrected chi connectivity index (χ3v) is 4.66. The molecule has 2 aromatic heterocycles. The van der Waals surface area contributed by atoms with Crippen LogP contribution >= 0.6 is 0 Å². The number of aryl methyl sites for hydroxylation is 2. The van der Waals surface area contributed by atoms with E-state index < -0.39 is 11.2 Å². The molecule has 2 heterocycles. The number of hydrogen-bond acceptors (Lipinski definition) is 5. The van der Waals surface area contributed by atoms with Gasteiger partial charge in [-0.25, -0.2) is 9.18 Å². The number of hydrogen-bond donors (Lipinski definition) is 2. The lowest BCUT2D eigenvalue weighted by Gasteiger charge is -2.14. The number of fused-ring (bicyclic) bond motifs is 1. The normalized spacial score (nSPS) is 12.5. The van der Waals surface area contributed by atoms with E-state index in [2.05, 4.69) is 10.3 Å². The molecule has 1 unspecified atom stereocenters. The van der Waals surface area contributed by atoms with E-state index in [1.54, 1.807) is 18.7 Å². The van der Waals surface area contributed by atoms with Crippen LogP contribution in [0.5, 0.6) is 0 Å². The highest BCUT2D eigenvalue weighted by Gasteiger charge is 2.19. The highest BCUT2D eigenvalue weighted by Crippen LogP contribution is 2.15. The number of benzene rings is 1. The Labute approximate surface area is 154 Å². The molecule has 1 aromatic carbocycles. The highest BCUT2D eigenvalue weighted by molar-refractivity contribution is 5.74. The number of rotatable bonds is 6.